The van der Waals surface area contributed by atoms with Crippen LogP contribution in [0, 0.1) is 5.82 Å². The van der Waals surface area contributed by atoms with Crippen molar-refractivity contribution in [2.75, 3.05) is 43.5 Å². The second-order valence-electron chi connectivity index (χ2n) is 14.0. The number of piperazine rings is 1. The van der Waals surface area contributed by atoms with Crippen molar-refractivity contribution in [1.82, 2.24) is 30.1 Å². The summed E-state index contributed by atoms with van der Waals surface area (Å²) in [7, 11) is 1.82. The van der Waals surface area contributed by atoms with Gasteiger partial charge in [0.05, 0.1) is 53.1 Å². The highest BCUT2D eigenvalue weighted by atomic mass is 19.1. The molecule has 0 radical (unpaired) electrons. The number of carbonyl (C=O) groups is 2. The van der Waals surface area contributed by atoms with Crippen molar-refractivity contribution in [2.24, 2.45) is 0 Å². The van der Waals surface area contributed by atoms with Gasteiger partial charge >= 0.3 is 0 Å². The molecule has 0 saturated carbocycles. The molecule has 8 rings (SSSR count). The first-order valence-electron chi connectivity index (χ1n) is 17.3. The number of nitrogens with one attached hydrogen (secondary N) is 3. The number of carbonyl (C=O) groups excluding carboxylic acids is 2. The summed E-state index contributed by atoms with van der Waals surface area (Å²) in [5.41, 5.74) is 3.80. The van der Waals surface area contributed by atoms with Gasteiger partial charge < -0.3 is 40.2 Å². The van der Waals surface area contributed by atoms with Gasteiger partial charge in [0.2, 0.25) is 0 Å². The van der Waals surface area contributed by atoms with Gasteiger partial charge in [-0.25, -0.2) is 9.37 Å². The van der Waals surface area contributed by atoms with Crippen LogP contribution in [-0.4, -0.2) is 87.2 Å². The molecule has 3 aromatic heterocycles. The number of hydrogen-bond acceptors (Lipinski definition) is 10. The number of fused-ring (bicyclic) bond motifs is 3. The normalized spacial score (nSPS) is 28.1. The van der Waals surface area contributed by atoms with E-state index in [1.807, 2.05) is 47.1 Å². The van der Waals surface area contributed by atoms with E-state index < -0.39 is 29.8 Å². The molecule has 3 aromatic rings. The Morgan fingerprint density at radius 1 is 1.16 bits per heavy atom. The van der Waals surface area contributed by atoms with Gasteiger partial charge in [0.1, 0.15) is 17.9 Å². The lowest BCUT2D eigenvalue weighted by atomic mass is 9.85. The Hall–Kier alpha value is -4.33. The lowest BCUT2D eigenvalue weighted by Gasteiger charge is -2.53. The van der Waals surface area contributed by atoms with E-state index in [1.54, 1.807) is 12.3 Å². The third-order valence-electron chi connectivity index (χ3n) is 11.2. The summed E-state index contributed by atoms with van der Waals surface area (Å²) in [6, 6.07) is 3.73. The van der Waals surface area contributed by atoms with E-state index in [-0.39, 0.29) is 29.6 Å². The van der Waals surface area contributed by atoms with Crippen LogP contribution >= 0.6 is 0 Å². The number of aliphatic hydroxyl groups excluding tert-OH is 1. The van der Waals surface area contributed by atoms with Crippen molar-refractivity contribution in [3.05, 3.63) is 82.5 Å². The fourth-order valence-corrected chi connectivity index (χ4v) is 8.48. The van der Waals surface area contributed by atoms with Crippen molar-refractivity contribution < 1.29 is 23.8 Å². The largest absolute Gasteiger partial charge is 0.392 e. The molecule has 0 aliphatic carbocycles. The van der Waals surface area contributed by atoms with Gasteiger partial charge in [0.25, 0.3) is 5.91 Å². The van der Waals surface area contributed by atoms with Crippen molar-refractivity contribution in [3.63, 3.8) is 0 Å². The highest BCUT2D eigenvalue weighted by Crippen LogP contribution is 2.38. The van der Waals surface area contributed by atoms with E-state index in [4.69, 9.17) is 9.72 Å². The number of rotatable bonds is 7. The molecule has 4 unspecified atom stereocenters. The number of nitrogens with zero attached hydrogens (tertiary/aromatic N) is 5. The van der Waals surface area contributed by atoms with Crippen LogP contribution in [0.4, 0.5) is 15.9 Å². The molecule has 8 heterocycles. The maximum Gasteiger partial charge on any atom is 0.256 e. The second-order valence-corrected chi connectivity index (χ2v) is 14.0. The Bertz CT molecular complexity index is 1810. The number of likely N-dealkylation sites (N-methyl/N-ethyl adjacent to an activating group) is 1. The van der Waals surface area contributed by atoms with Crippen LogP contribution in [0.5, 0.6) is 0 Å². The van der Waals surface area contributed by atoms with Gasteiger partial charge in [0.15, 0.2) is 11.6 Å². The van der Waals surface area contributed by atoms with E-state index in [0.717, 1.165) is 51.2 Å². The lowest BCUT2D eigenvalue weighted by Crippen LogP contribution is -2.68. The van der Waals surface area contributed by atoms with Gasteiger partial charge in [-0.1, -0.05) is 0 Å². The SMILES string of the molecule is CN1C=CC(Nc2ccc(N3CCNC[C@@]3(C)C3CCO3)cn2)C(=O)C1c1ccnc(C2Cc3c(c(F)c4n3CCCC4)C(=O)N2)c1CO. The third-order valence-corrected chi connectivity index (χ3v) is 11.2. The molecule has 5 atom stereocenters. The topological polar surface area (TPSA) is 137 Å². The zero-order chi connectivity index (χ0) is 33.9. The molecule has 2 fully saturated rings. The van der Waals surface area contributed by atoms with Gasteiger partial charge in [-0.2, -0.15) is 0 Å². The first-order valence-corrected chi connectivity index (χ1v) is 17.3. The molecule has 0 spiro atoms. The minimum Gasteiger partial charge on any atom is -0.392 e. The molecule has 49 heavy (non-hydrogen) atoms. The van der Waals surface area contributed by atoms with Crippen LogP contribution in [0.25, 0.3) is 0 Å². The monoisotopic (exact) mass is 670 g/mol. The number of amides is 1. The summed E-state index contributed by atoms with van der Waals surface area (Å²) >= 11 is 0. The van der Waals surface area contributed by atoms with E-state index in [9.17, 15) is 14.7 Å². The number of halogens is 1. The number of ether oxygens (including phenoxy) is 1. The number of pyridine rings is 2. The van der Waals surface area contributed by atoms with Gasteiger partial charge in [-0.15, -0.1) is 0 Å². The summed E-state index contributed by atoms with van der Waals surface area (Å²) in [5, 5.41) is 20.5. The minimum absolute atomic E-state index is 0.114. The first-order chi connectivity index (χ1) is 23.8. The molecular formula is C36H43FN8O4. The number of Topliss-reactive ketones (excluding diaryl/α,β-unsaturated/α-hetero) is 1. The van der Waals surface area contributed by atoms with Crippen LogP contribution in [0.15, 0.2) is 42.9 Å². The molecule has 1 amide bonds. The molecule has 0 bridgehead atoms. The molecule has 13 heteroatoms. The smallest absolute Gasteiger partial charge is 0.256 e. The summed E-state index contributed by atoms with van der Waals surface area (Å²) < 4.78 is 23.1. The van der Waals surface area contributed by atoms with E-state index in [1.165, 1.54) is 0 Å². The Morgan fingerprint density at radius 3 is 2.78 bits per heavy atom. The van der Waals surface area contributed by atoms with E-state index in [2.05, 4.69) is 32.8 Å². The van der Waals surface area contributed by atoms with E-state index >= 15 is 4.39 Å². The predicted molar refractivity (Wildman–Crippen MR) is 181 cm³/mol. The summed E-state index contributed by atoms with van der Waals surface area (Å²) in [4.78, 5) is 40.9. The van der Waals surface area contributed by atoms with Crippen molar-refractivity contribution >= 4 is 23.2 Å². The van der Waals surface area contributed by atoms with Gasteiger partial charge in [0, 0.05) is 63.7 Å². The number of ketones is 1. The Kier molecular flexibility index (Phi) is 8.16. The molecule has 4 N–H and O–H groups in total. The highest BCUT2D eigenvalue weighted by Gasteiger charge is 2.45. The molecule has 2 saturated heterocycles. The van der Waals surface area contributed by atoms with Crippen molar-refractivity contribution in [1.29, 1.82) is 0 Å². The molecule has 5 aliphatic heterocycles. The fourth-order valence-electron chi connectivity index (χ4n) is 8.48. The Balaban J connectivity index is 1.03. The first kappa shape index (κ1) is 31.9. The van der Waals surface area contributed by atoms with Crippen LogP contribution in [0.2, 0.25) is 0 Å². The standard InChI is InChI=1S/C36H43FN8O4/c1-36(28-10-16-49-28)20-38-12-15-45(36)21-6-7-29(40-18-21)41-24-9-14-43(2)33(34(24)47)22-8-11-39-32(23(22)19-46)25-17-27-30(35(48)42-25)31(37)26-5-3-4-13-44(26)27/h6-9,11,14,18,24-25,28,33,38,46H,3-5,10,12-13,15-17,19-20H2,1-2H3,(H,40,41)(H,42,48)/t24?,25?,28?,33?,36-/m0/s1. The zero-order valence-corrected chi connectivity index (χ0v) is 27.9. The maximum absolute atomic E-state index is 15.3. The summed E-state index contributed by atoms with van der Waals surface area (Å²) in [5.74, 6) is -0.439. The van der Waals surface area contributed by atoms with Gasteiger partial charge in [-0.3, -0.25) is 14.6 Å². The highest BCUT2D eigenvalue weighted by molar-refractivity contribution is 5.98. The number of aromatic nitrogens is 3. The average molecular weight is 671 g/mol. The Morgan fingerprint density at radius 2 is 2.02 bits per heavy atom. The molecule has 0 aromatic carbocycles. The molecule has 258 valence electrons. The van der Waals surface area contributed by atoms with E-state index in [0.29, 0.717) is 53.4 Å². The van der Waals surface area contributed by atoms with Crippen molar-refractivity contribution in [3.8, 4) is 0 Å². The summed E-state index contributed by atoms with van der Waals surface area (Å²) in [6.07, 6.45) is 11.1. The second kappa shape index (κ2) is 12.5. The average Bonchev–Trinajstić information content (AvgIpc) is 3.37. The van der Waals surface area contributed by atoms with Crippen LogP contribution in [-0.2, 0) is 35.5 Å². The number of hydrogen-bond donors (Lipinski definition) is 4. The van der Waals surface area contributed by atoms with Crippen molar-refractivity contribution in [2.45, 2.75) is 81.9 Å². The molecule has 5 aliphatic rings. The molecular weight excluding hydrogens is 627 g/mol. The van der Waals surface area contributed by atoms with Crippen LogP contribution in [0.1, 0.15) is 76.8 Å². The predicted octanol–water partition coefficient (Wildman–Crippen LogP) is 2.78. The minimum atomic E-state index is -0.719. The van der Waals surface area contributed by atoms with Crippen LogP contribution in [0.3, 0.4) is 0 Å². The fraction of sp³-hybridized carbons (Fsp3) is 0.500. The lowest BCUT2D eigenvalue weighted by molar-refractivity contribution is -0.123. The number of aliphatic hydroxyl groups is 1. The Labute approximate surface area is 284 Å². The van der Waals surface area contributed by atoms with Crippen LogP contribution < -0.4 is 20.9 Å². The zero-order valence-electron chi connectivity index (χ0n) is 27.9. The quantitative estimate of drug-likeness (QED) is 0.297. The number of anilines is 2. The maximum atomic E-state index is 15.3. The molecule has 12 nitrogen and oxygen atoms in total. The third kappa shape index (κ3) is 5.29. The van der Waals surface area contributed by atoms with Gasteiger partial charge in [-0.05, 0) is 68.6 Å². The summed E-state index contributed by atoms with van der Waals surface area (Å²) in [6.45, 7) is 5.89.